The average Bonchev–Trinajstić information content (AvgIpc) is 3.28. The Balaban J connectivity index is 1.49. The van der Waals surface area contributed by atoms with Crippen LogP contribution in [0.15, 0.2) is 39.4 Å². The van der Waals surface area contributed by atoms with Crippen LogP contribution in [0.4, 0.5) is 0 Å². The van der Waals surface area contributed by atoms with E-state index >= 15 is 0 Å². The molecule has 1 aliphatic heterocycles. The number of morpholine rings is 1. The summed E-state index contributed by atoms with van der Waals surface area (Å²) in [6, 6.07) is 7.50. The number of hydrogen-bond donors (Lipinski definition) is 1. The van der Waals surface area contributed by atoms with Gasteiger partial charge in [0.25, 0.3) is 5.91 Å². The second kappa shape index (κ2) is 7.79. The number of halogens is 1. The minimum absolute atomic E-state index is 0.0577. The van der Waals surface area contributed by atoms with Crippen LogP contribution in [0.1, 0.15) is 28.2 Å². The van der Waals surface area contributed by atoms with Crippen molar-refractivity contribution in [3.8, 4) is 0 Å². The van der Waals surface area contributed by atoms with Crippen LogP contribution in [0.25, 0.3) is 5.65 Å². The molecule has 0 aliphatic carbocycles. The summed E-state index contributed by atoms with van der Waals surface area (Å²) >= 11 is 3.39. The number of nitrogens with zero attached hydrogens (tertiary/aromatic N) is 4. The number of ether oxygens (including phenoxy) is 1. The maximum absolute atomic E-state index is 12.6. The van der Waals surface area contributed by atoms with E-state index < -0.39 is 0 Å². The monoisotopic (exact) mass is 433 g/mol. The van der Waals surface area contributed by atoms with Crippen molar-refractivity contribution in [3.63, 3.8) is 0 Å². The highest BCUT2D eigenvalue weighted by molar-refractivity contribution is 9.10. The third-order valence-corrected chi connectivity index (χ3v) is 5.00. The van der Waals surface area contributed by atoms with E-state index in [1.165, 1.54) is 0 Å². The molecule has 1 aliphatic rings. The Bertz CT molecular complexity index is 948. The number of aromatic nitrogens is 3. The number of nitrogens with one attached hydrogen (secondary N) is 1. The molecule has 1 atom stereocenters. The number of carbonyl (C=O) groups excluding carboxylic acids is 1. The molecule has 1 unspecified atom stereocenters. The molecule has 1 amide bonds. The number of fused-ring (bicyclic) bond motifs is 1. The van der Waals surface area contributed by atoms with Crippen LogP contribution < -0.4 is 5.32 Å². The Morgan fingerprint density at radius 2 is 2.11 bits per heavy atom. The van der Waals surface area contributed by atoms with Crippen LogP contribution in [-0.4, -0.2) is 58.3 Å². The first-order valence-electron chi connectivity index (χ1n) is 8.78. The standard InChI is InChI=1S/C18H20BrN5O3/c1-12-2-4-15(27-12)14(23-6-8-26-9-7-23)10-20-18(25)17-21-16-5-3-13(19)11-24(16)22-17/h2-5,11,14H,6-10H2,1H3,(H,20,25). The molecule has 27 heavy (non-hydrogen) atoms. The van der Waals surface area contributed by atoms with Crippen LogP contribution in [0.5, 0.6) is 0 Å². The molecule has 0 saturated carbocycles. The summed E-state index contributed by atoms with van der Waals surface area (Å²) in [6.07, 6.45) is 1.77. The van der Waals surface area contributed by atoms with E-state index in [4.69, 9.17) is 9.15 Å². The van der Waals surface area contributed by atoms with Gasteiger partial charge in [-0.1, -0.05) is 0 Å². The average molecular weight is 434 g/mol. The summed E-state index contributed by atoms with van der Waals surface area (Å²) in [4.78, 5) is 19.1. The van der Waals surface area contributed by atoms with Crippen molar-refractivity contribution in [1.82, 2.24) is 24.8 Å². The molecule has 3 aromatic heterocycles. The van der Waals surface area contributed by atoms with E-state index in [9.17, 15) is 4.79 Å². The second-order valence-corrected chi connectivity index (χ2v) is 7.32. The predicted molar refractivity (Wildman–Crippen MR) is 102 cm³/mol. The Kier molecular flexibility index (Phi) is 5.24. The molecule has 3 aromatic rings. The predicted octanol–water partition coefficient (Wildman–Crippen LogP) is 2.20. The summed E-state index contributed by atoms with van der Waals surface area (Å²) in [5.74, 6) is 1.52. The van der Waals surface area contributed by atoms with Crippen molar-refractivity contribution in [1.29, 1.82) is 0 Å². The third-order valence-electron chi connectivity index (χ3n) is 4.53. The lowest BCUT2D eigenvalue weighted by atomic mass is 10.1. The van der Waals surface area contributed by atoms with Crippen LogP contribution in [0.2, 0.25) is 0 Å². The van der Waals surface area contributed by atoms with Crippen molar-refractivity contribution in [2.24, 2.45) is 0 Å². The van der Waals surface area contributed by atoms with Crippen LogP contribution in [0.3, 0.4) is 0 Å². The number of furan rings is 1. The second-order valence-electron chi connectivity index (χ2n) is 6.41. The Hall–Kier alpha value is -2.23. The largest absolute Gasteiger partial charge is 0.465 e. The fraction of sp³-hybridized carbons (Fsp3) is 0.389. The van der Waals surface area contributed by atoms with Crippen molar-refractivity contribution < 1.29 is 13.9 Å². The zero-order chi connectivity index (χ0) is 18.8. The molecule has 0 spiro atoms. The maximum Gasteiger partial charge on any atom is 0.291 e. The van der Waals surface area contributed by atoms with Crippen molar-refractivity contribution in [2.45, 2.75) is 13.0 Å². The molecule has 1 saturated heterocycles. The highest BCUT2D eigenvalue weighted by Gasteiger charge is 2.26. The van der Waals surface area contributed by atoms with E-state index in [1.807, 2.05) is 25.1 Å². The summed E-state index contributed by atoms with van der Waals surface area (Å²) in [5.41, 5.74) is 0.620. The first-order valence-corrected chi connectivity index (χ1v) is 9.58. The number of pyridine rings is 1. The molecule has 0 bridgehead atoms. The quantitative estimate of drug-likeness (QED) is 0.663. The topological polar surface area (TPSA) is 84.9 Å². The van der Waals surface area contributed by atoms with Crippen LogP contribution in [0, 0.1) is 6.92 Å². The number of amides is 1. The molecule has 9 heteroatoms. The van der Waals surface area contributed by atoms with E-state index in [0.717, 1.165) is 29.1 Å². The number of aryl methyl sites for hydroxylation is 1. The summed E-state index contributed by atoms with van der Waals surface area (Å²) in [7, 11) is 0. The van der Waals surface area contributed by atoms with Gasteiger partial charge in [-0.2, -0.15) is 0 Å². The SMILES string of the molecule is Cc1ccc(C(CNC(=O)c2nc3ccc(Br)cn3n2)N2CCOCC2)o1. The molecule has 4 heterocycles. The van der Waals surface area contributed by atoms with Gasteiger partial charge in [0.2, 0.25) is 5.82 Å². The van der Waals surface area contributed by atoms with Crippen LogP contribution >= 0.6 is 15.9 Å². The van der Waals surface area contributed by atoms with Gasteiger partial charge in [0.05, 0.1) is 19.3 Å². The molecule has 1 N–H and O–H groups in total. The molecule has 142 valence electrons. The van der Waals surface area contributed by atoms with Gasteiger partial charge in [-0.15, -0.1) is 5.10 Å². The first-order chi connectivity index (χ1) is 13.1. The van der Waals surface area contributed by atoms with Gasteiger partial charge in [-0.05, 0) is 47.1 Å². The molecule has 8 nitrogen and oxygen atoms in total. The summed E-state index contributed by atoms with van der Waals surface area (Å²) in [6.45, 7) is 5.25. The van der Waals surface area contributed by atoms with E-state index in [1.54, 1.807) is 16.8 Å². The maximum atomic E-state index is 12.6. The van der Waals surface area contributed by atoms with Gasteiger partial charge in [0, 0.05) is 30.3 Å². The van der Waals surface area contributed by atoms with Gasteiger partial charge in [0.1, 0.15) is 11.5 Å². The Morgan fingerprint density at radius 1 is 1.30 bits per heavy atom. The fourth-order valence-corrected chi connectivity index (χ4v) is 3.48. The highest BCUT2D eigenvalue weighted by Crippen LogP contribution is 2.23. The number of hydrogen-bond acceptors (Lipinski definition) is 6. The minimum Gasteiger partial charge on any atom is -0.465 e. The lowest BCUT2D eigenvalue weighted by molar-refractivity contribution is 0.0116. The van der Waals surface area contributed by atoms with Gasteiger partial charge < -0.3 is 14.5 Å². The molecule has 4 rings (SSSR count). The molecule has 0 radical (unpaired) electrons. The van der Waals surface area contributed by atoms with Gasteiger partial charge in [0.15, 0.2) is 5.65 Å². The first kappa shape index (κ1) is 18.1. The van der Waals surface area contributed by atoms with E-state index in [0.29, 0.717) is 25.4 Å². The van der Waals surface area contributed by atoms with Crippen LogP contribution in [-0.2, 0) is 4.74 Å². The third kappa shape index (κ3) is 4.05. The van der Waals surface area contributed by atoms with Crippen molar-refractivity contribution in [3.05, 3.63) is 52.3 Å². The zero-order valence-corrected chi connectivity index (χ0v) is 16.5. The Morgan fingerprint density at radius 3 is 2.85 bits per heavy atom. The van der Waals surface area contributed by atoms with Gasteiger partial charge >= 0.3 is 0 Å². The van der Waals surface area contributed by atoms with Gasteiger partial charge in [-0.3, -0.25) is 9.69 Å². The summed E-state index contributed by atoms with van der Waals surface area (Å²) < 4.78 is 13.7. The van der Waals surface area contributed by atoms with Crippen molar-refractivity contribution in [2.75, 3.05) is 32.8 Å². The fourth-order valence-electron chi connectivity index (χ4n) is 3.15. The molecule has 0 aromatic carbocycles. The zero-order valence-electron chi connectivity index (χ0n) is 14.9. The number of rotatable bonds is 5. The van der Waals surface area contributed by atoms with E-state index in [2.05, 4.69) is 36.2 Å². The normalized spacial score (nSPS) is 16.5. The molecular formula is C18H20BrN5O3. The molecule has 1 fully saturated rings. The Labute approximate surface area is 164 Å². The lowest BCUT2D eigenvalue weighted by Crippen LogP contribution is -2.43. The summed E-state index contributed by atoms with van der Waals surface area (Å²) in [5, 5.41) is 7.20. The molecular weight excluding hydrogens is 414 g/mol. The lowest BCUT2D eigenvalue weighted by Gasteiger charge is -2.33. The van der Waals surface area contributed by atoms with Gasteiger partial charge in [-0.25, -0.2) is 9.50 Å². The van der Waals surface area contributed by atoms with Crippen molar-refractivity contribution >= 4 is 27.5 Å². The minimum atomic E-state index is -0.309. The highest BCUT2D eigenvalue weighted by atomic mass is 79.9. The van der Waals surface area contributed by atoms with E-state index in [-0.39, 0.29) is 17.8 Å². The smallest absolute Gasteiger partial charge is 0.291 e. The number of carbonyl (C=O) groups is 1.